The molecule has 1 aromatic carbocycles. The molecule has 0 spiro atoms. The number of rotatable bonds is 5. The standard InChI is InChI=1S/C18H25N3/c1-5-15-6-8-16(9-7-15)11-21(4)12-17-14(3)18(19)13(2)10-20-17/h6-10H,5,11-12H2,1-4H3,(H2,19,20). The van der Waals surface area contributed by atoms with Crippen molar-refractivity contribution in [1.82, 2.24) is 9.88 Å². The second kappa shape index (κ2) is 6.72. The first-order valence-electron chi connectivity index (χ1n) is 7.48. The second-order valence-electron chi connectivity index (χ2n) is 5.77. The van der Waals surface area contributed by atoms with E-state index in [0.717, 1.165) is 42.0 Å². The smallest absolute Gasteiger partial charge is 0.0593 e. The molecule has 0 aliphatic carbocycles. The summed E-state index contributed by atoms with van der Waals surface area (Å²) in [5.74, 6) is 0. The molecule has 21 heavy (non-hydrogen) atoms. The van der Waals surface area contributed by atoms with E-state index in [0.29, 0.717) is 0 Å². The summed E-state index contributed by atoms with van der Waals surface area (Å²) in [5.41, 5.74) is 12.9. The fourth-order valence-electron chi connectivity index (χ4n) is 2.46. The van der Waals surface area contributed by atoms with Crippen LogP contribution >= 0.6 is 0 Å². The minimum atomic E-state index is 0.811. The minimum absolute atomic E-state index is 0.811. The van der Waals surface area contributed by atoms with Crippen LogP contribution in [0.4, 0.5) is 5.69 Å². The van der Waals surface area contributed by atoms with Gasteiger partial charge in [-0.25, -0.2) is 0 Å². The van der Waals surface area contributed by atoms with Crippen LogP contribution in [0, 0.1) is 13.8 Å². The number of hydrogen-bond donors (Lipinski definition) is 1. The van der Waals surface area contributed by atoms with Crippen molar-refractivity contribution in [3.05, 3.63) is 58.4 Å². The summed E-state index contributed by atoms with van der Waals surface area (Å²) in [4.78, 5) is 6.79. The Morgan fingerprint density at radius 1 is 1.05 bits per heavy atom. The van der Waals surface area contributed by atoms with Crippen molar-refractivity contribution in [3.8, 4) is 0 Å². The predicted octanol–water partition coefficient (Wildman–Crippen LogP) is 3.48. The van der Waals surface area contributed by atoms with Crippen LogP contribution < -0.4 is 5.73 Å². The zero-order valence-electron chi connectivity index (χ0n) is 13.5. The molecular weight excluding hydrogens is 258 g/mol. The molecule has 2 aromatic rings. The highest BCUT2D eigenvalue weighted by Crippen LogP contribution is 2.19. The van der Waals surface area contributed by atoms with Gasteiger partial charge in [-0.15, -0.1) is 0 Å². The van der Waals surface area contributed by atoms with E-state index in [2.05, 4.69) is 55.0 Å². The monoisotopic (exact) mass is 283 g/mol. The van der Waals surface area contributed by atoms with Gasteiger partial charge in [-0.05, 0) is 49.6 Å². The van der Waals surface area contributed by atoms with Crippen molar-refractivity contribution in [2.75, 3.05) is 12.8 Å². The summed E-state index contributed by atoms with van der Waals surface area (Å²) in [7, 11) is 2.12. The van der Waals surface area contributed by atoms with Gasteiger partial charge < -0.3 is 5.73 Å². The third kappa shape index (κ3) is 3.82. The second-order valence-corrected chi connectivity index (χ2v) is 5.77. The number of benzene rings is 1. The molecule has 0 amide bonds. The summed E-state index contributed by atoms with van der Waals surface area (Å²) in [5, 5.41) is 0. The molecule has 3 heteroatoms. The van der Waals surface area contributed by atoms with Crippen LogP contribution in [0.25, 0.3) is 0 Å². The summed E-state index contributed by atoms with van der Waals surface area (Å²) >= 11 is 0. The molecule has 1 heterocycles. The van der Waals surface area contributed by atoms with Gasteiger partial charge in [0.25, 0.3) is 0 Å². The van der Waals surface area contributed by atoms with E-state index < -0.39 is 0 Å². The molecule has 0 unspecified atom stereocenters. The van der Waals surface area contributed by atoms with E-state index in [1.165, 1.54) is 11.1 Å². The van der Waals surface area contributed by atoms with Gasteiger partial charge in [-0.3, -0.25) is 9.88 Å². The lowest BCUT2D eigenvalue weighted by molar-refractivity contribution is 0.314. The first-order valence-corrected chi connectivity index (χ1v) is 7.48. The van der Waals surface area contributed by atoms with Crippen LogP contribution in [0.5, 0.6) is 0 Å². The first kappa shape index (κ1) is 15.5. The maximum atomic E-state index is 6.08. The summed E-state index contributed by atoms with van der Waals surface area (Å²) < 4.78 is 0. The summed E-state index contributed by atoms with van der Waals surface area (Å²) in [6.45, 7) is 7.95. The van der Waals surface area contributed by atoms with E-state index in [-0.39, 0.29) is 0 Å². The van der Waals surface area contributed by atoms with Gasteiger partial charge in [-0.2, -0.15) is 0 Å². The van der Waals surface area contributed by atoms with Gasteiger partial charge in [0, 0.05) is 25.0 Å². The van der Waals surface area contributed by atoms with Gasteiger partial charge in [-0.1, -0.05) is 31.2 Å². The fourth-order valence-corrected chi connectivity index (χ4v) is 2.46. The molecule has 0 aliphatic heterocycles. The Labute approximate surface area is 127 Å². The zero-order chi connectivity index (χ0) is 15.4. The normalized spacial score (nSPS) is 11.1. The number of nitrogen functional groups attached to an aromatic ring is 1. The van der Waals surface area contributed by atoms with Crippen LogP contribution in [-0.4, -0.2) is 16.9 Å². The van der Waals surface area contributed by atoms with Crippen LogP contribution in [0.3, 0.4) is 0 Å². The van der Waals surface area contributed by atoms with Crippen LogP contribution in [0.15, 0.2) is 30.5 Å². The van der Waals surface area contributed by atoms with Crippen molar-refractivity contribution >= 4 is 5.69 Å². The predicted molar refractivity (Wildman–Crippen MR) is 89.1 cm³/mol. The van der Waals surface area contributed by atoms with Crippen LogP contribution in [-0.2, 0) is 19.5 Å². The number of hydrogen-bond acceptors (Lipinski definition) is 3. The maximum absolute atomic E-state index is 6.08. The topological polar surface area (TPSA) is 42.2 Å². The highest BCUT2D eigenvalue weighted by Gasteiger charge is 2.09. The average molecular weight is 283 g/mol. The Bertz CT molecular complexity index is 603. The Morgan fingerprint density at radius 2 is 1.67 bits per heavy atom. The lowest BCUT2D eigenvalue weighted by Crippen LogP contribution is -2.19. The van der Waals surface area contributed by atoms with Gasteiger partial charge in [0.2, 0.25) is 0 Å². The first-order chi connectivity index (χ1) is 10.0. The van der Waals surface area contributed by atoms with E-state index >= 15 is 0 Å². The SMILES string of the molecule is CCc1ccc(CN(C)Cc2ncc(C)c(N)c2C)cc1. The molecular formula is C18H25N3. The van der Waals surface area contributed by atoms with E-state index in [9.17, 15) is 0 Å². The molecule has 0 saturated heterocycles. The van der Waals surface area contributed by atoms with Gasteiger partial charge in [0.1, 0.15) is 0 Å². The maximum Gasteiger partial charge on any atom is 0.0593 e. The molecule has 2 rings (SSSR count). The summed E-state index contributed by atoms with van der Waals surface area (Å²) in [6.07, 6.45) is 2.95. The number of nitrogens with two attached hydrogens (primary N) is 1. The number of nitrogens with zero attached hydrogens (tertiary/aromatic N) is 2. The highest BCUT2D eigenvalue weighted by molar-refractivity contribution is 5.53. The summed E-state index contributed by atoms with van der Waals surface area (Å²) in [6, 6.07) is 8.82. The molecule has 0 radical (unpaired) electrons. The van der Waals surface area contributed by atoms with Crippen molar-refractivity contribution in [2.45, 2.75) is 40.3 Å². The van der Waals surface area contributed by atoms with Crippen molar-refractivity contribution in [3.63, 3.8) is 0 Å². The number of anilines is 1. The Morgan fingerprint density at radius 3 is 2.29 bits per heavy atom. The highest BCUT2D eigenvalue weighted by atomic mass is 15.1. The van der Waals surface area contributed by atoms with Gasteiger partial charge in [0.15, 0.2) is 0 Å². The molecule has 0 fully saturated rings. The number of pyridine rings is 1. The zero-order valence-corrected chi connectivity index (χ0v) is 13.5. The van der Waals surface area contributed by atoms with Crippen molar-refractivity contribution in [1.29, 1.82) is 0 Å². The Balaban J connectivity index is 2.04. The molecule has 3 nitrogen and oxygen atoms in total. The van der Waals surface area contributed by atoms with Crippen molar-refractivity contribution in [2.24, 2.45) is 0 Å². The van der Waals surface area contributed by atoms with Crippen LogP contribution in [0.1, 0.15) is 34.9 Å². The lowest BCUT2D eigenvalue weighted by atomic mass is 10.1. The number of aromatic nitrogens is 1. The fraction of sp³-hybridized carbons (Fsp3) is 0.389. The quantitative estimate of drug-likeness (QED) is 0.913. The number of aryl methyl sites for hydroxylation is 2. The van der Waals surface area contributed by atoms with Gasteiger partial charge in [0.05, 0.1) is 5.69 Å². The van der Waals surface area contributed by atoms with E-state index in [1.54, 1.807) is 0 Å². The average Bonchev–Trinajstić information content (AvgIpc) is 2.49. The Hall–Kier alpha value is -1.87. The molecule has 1 aromatic heterocycles. The largest absolute Gasteiger partial charge is 0.398 e. The van der Waals surface area contributed by atoms with E-state index in [4.69, 9.17) is 5.73 Å². The van der Waals surface area contributed by atoms with Crippen LogP contribution in [0.2, 0.25) is 0 Å². The lowest BCUT2D eigenvalue weighted by Gasteiger charge is -2.18. The molecule has 0 bridgehead atoms. The molecule has 0 saturated carbocycles. The molecule has 0 aliphatic rings. The third-order valence-corrected chi connectivity index (χ3v) is 3.98. The van der Waals surface area contributed by atoms with E-state index in [1.807, 2.05) is 13.1 Å². The Kier molecular flexibility index (Phi) is 4.97. The third-order valence-electron chi connectivity index (χ3n) is 3.98. The molecule has 2 N–H and O–H groups in total. The molecule has 0 atom stereocenters. The van der Waals surface area contributed by atoms with Crippen molar-refractivity contribution < 1.29 is 0 Å². The molecule has 112 valence electrons. The van der Waals surface area contributed by atoms with Gasteiger partial charge >= 0.3 is 0 Å². The minimum Gasteiger partial charge on any atom is -0.398 e.